The molecule has 1 aromatic heterocycles. The third kappa shape index (κ3) is 4.06. The van der Waals surface area contributed by atoms with Crippen LogP contribution in [0.15, 0.2) is 6.20 Å². The molecule has 21 heavy (non-hydrogen) atoms. The maximum atomic E-state index is 5.57. The second-order valence-electron chi connectivity index (χ2n) is 6.32. The summed E-state index contributed by atoms with van der Waals surface area (Å²) in [5.41, 5.74) is 6.85. The number of nitrogens with zero attached hydrogens (tertiary/aromatic N) is 2. The molecule has 2 saturated carbocycles. The Balaban J connectivity index is 1.67. The summed E-state index contributed by atoms with van der Waals surface area (Å²) < 4.78 is 0. The lowest BCUT2D eigenvalue weighted by Gasteiger charge is -2.23. The molecule has 5 nitrogen and oxygen atoms in total. The Bertz CT molecular complexity index is 452. The SMILES string of the molecule is NCCCNc1nc(NC2CCCCC2)ncc1C1CC1. The molecule has 0 aliphatic heterocycles. The molecule has 5 heteroatoms. The Labute approximate surface area is 127 Å². The highest BCUT2D eigenvalue weighted by atomic mass is 15.2. The lowest BCUT2D eigenvalue weighted by molar-refractivity contribution is 0.461. The molecule has 0 aromatic carbocycles. The zero-order valence-corrected chi connectivity index (χ0v) is 12.8. The zero-order chi connectivity index (χ0) is 14.5. The van der Waals surface area contributed by atoms with Crippen molar-refractivity contribution in [3.05, 3.63) is 11.8 Å². The van der Waals surface area contributed by atoms with Crippen molar-refractivity contribution in [2.75, 3.05) is 23.7 Å². The van der Waals surface area contributed by atoms with Crippen molar-refractivity contribution in [2.24, 2.45) is 5.73 Å². The van der Waals surface area contributed by atoms with Gasteiger partial charge in [0.05, 0.1) is 0 Å². The van der Waals surface area contributed by atoms with E-state index in [-0.39, 0.29) is 0 Å². The Kier molecular flexibility index (Phi) is 4.91. The van der Waals surface area contributed by atoms with E-state index in [4.69, 9.17) is 10.7 Å². The lowest BCUT2D eigenvalue weighted by Crippen LogP contribution is -2.24. The van der Waals surface area contributed by atoms with E-state index in [1.165, 1.54) is 50.5 Å². The molecule has 0 amide bonds. The molecule has 3 rings (SSSR count). The van der Waals surface area contributed by atoms with Crippen LogP contribution in [0.25, 0.3) is 0 Å². The van der Waals surface area contributed by atoms with Crippen molar-refractivity contribution >= 4 is 11.8 Å². The fourth-order valence-electron chi connectivity index (χ4n) is 3.03. The van der Waals surface area contributed by atoms with Crippen LogP contribution in [0.1, 0.15) is 62.8 Å². The standard InChI is InChI=1S/C16H27N5/c17-9-4-10-18-15-14(12-7-8-12)11-19-16(21-15)20-13-5-2-1-3-6-13/h11-13H,1-10,17H2,(H2,18,19,20,21). The second kappa shape index (κ2) is 7.07. The van der Waals surface area contributed by atoms with E-state index in [0.29, 0.717) is 18.5 Å². The molecule has 0 saturated heterocycles. The number of rotatable bonds is 7. The molecule has 0 spiro atoms. The zero-order valence-electron chi connectivity index (χ0n) is 12.8. The molecular weight excluding hydrogens is 262 g/mol. The summed E-state index contributed by atoms with van der Waals surface area (Å²) in [6, 6.07) is 0.544. The van der Waals surface area contributed by atoms with E-state index in [1.54, 1.807) is 0 Å². The lowest BCUT2D eigenvalue weighted by atomic mass is 9.96. The van der Waals surface area contributed by atoms with Crippen LogP contribution in [0.4, 0.5) is 11.8 Å². The molecule has 0 atom stereocenters. The van der Waals surface area contributed by atoms with E-state index in [9.17, 15) is 0 Å². The minimum absolute atomic E-state index is 0.544. The minimum atomic E-state index is 0.544. The van der Waals surface area contributed by atoms with Crippen LogP contribution in [0.2, 0.25) is 0 Å². The van der Waals surface area contributed by atoms with Crippen molar-refractivity contribution in [1.82, 2.24) is 9.97 Å². The molecule has 1 heterocycles. The van der Waals surface area contributed by atoms with Gasteiger partial charge in [0.1, 0.15) is 5.82 Å². The fourth-order valence-corrected chi connectivity index (χ4v) is 3.03. The Morgan fingerprint density at radius 3 is 2.67 bits per heavy atom. The first-order valence-electron chi connectivity index (χ1n) is 8.44. The van der Waals surface area contributed by atoms with Crippen molar-refractivity contribution in [3.63, 3.8) is 0 Å². The van der Waals surface area contributed by atoms with Crippen molar-refractivity contribution < 1.29 is 0 Å². The monoisotopic (exact) mass is 289 g/mol. The summed E-state index contributed by atoms with van der Waals surface area (Å²) in [5.74, 6) is 2.45. The molecule has 0 radical (unpaired) electrons. The molecule has 2 aliphatic carbocycles. The average Bonchev–Trinajstić information content (AvgIpc) is 3.34. The van der Waals surface area contributed by atoms with Crippen LogP contribution < -0.4 is 16.4 Å². The highest BCUT2D eigenvalue weighted by Crippen LogP contribution is 2.42. The molecule has 1 aromatic rings. The Morgan fingerprint density at radius 2 is 1.95 bits per heavy atom. The topological polar surface area (TPSA) is 75.9 Å². The van der Waals surface area contributed by atoms with E-state index in [1.807, 2.05) is 6.20 Å². The van der Waals surface area contributed by atoms with Gasteiger partial charge in [-0.2, -0.15) is 4.98 Å². The van der Waals surface area contributed by atoms with Gasteiger partial charge in [0.25, 0.3) is 0 Å². The van der Waals surface area contributed by atoms with E-state index in [2.05, 4.69) is 15.6 Å². The number of hydrogen-bond donors (Lipinski definition) is 3. The van der Waals surface area contributed by atoms with Gasteiger partial charge in [-0.15, -0.1) is 0 Å². The van der Waals surface area contributed by atoms with Crippen LogP contribution in [0, 0.1) is 0 Å². The van der Waals surface area contributed by atoms with Crippen LogP contribution in [-0.2, 0) is 0 Å². The largest absolute Gasteiger partial charge is 0.370 e. The molecule has 4 N–H and O–H groups in total. The van der Waals surface area contributed by atoms with Crippen LogP contribution in [0.5, 0.6) is 0 Å². The van der Waals surface area contributed by atoms with Gasteiger partial charge in [0.2, 0.25) is 5.95 Å². The predicted octanol–water partition coefficient (Wildman–Crippen LogP) is 2.86. The maximum absolute atomic E-state index is 5.57. The Morgan fingerprint density at radius 1 is 1.14 bits per heavy atom. The summed E-state index contributed by atoms with van der Waals surface area (Å²) >= 11 is 0. The number of nitrogens with one attached hydrogen (secondary N) is 2. The smallest absolute Gasteiger partial charge is 0.224 e. The van der Waals surface area contributed by atoms with Crippen LogP contribution >= 0.6 is 0 Å². The summed E-state index contributed by atoms with van der Waals surface area (Å²) in [7, 11) is 0. The third-order valence-corrected chi connectivity index (χ3v) is 4.45. The minimum Gasteiger partial charge on any atom is -0.370 e. The van der Waals surface area contributed by atoms with Gasteiger partial charge >= 0.3 is 0 Å². The highest BCUT2D eigenvalue weighted by Gasteiger charge is 2.27. The van der Waals surface area contributed by atoms with Gasteiger partial charge < -0.3 is 16.4 Å². The van der Waals surface area contributed by atoms with Gasteiger partial charge in [0, 0.05) is 24.3 Å². The number of anilines is 2. The third-order valence-electron chi connectivity index (χ3n) is 4.45. The average molecular weight is 289 g/mol. The normalized spacial score (nSPS) is 19.5. The molecule has 116 valence electrons. The van der Waals surface area contributed by atoms with Crippen molar-refractivity contribution in [1.29, 1.82) is 0 Å². The van der Waals surface area contributed by atoms with Crippen molar-refractivity contribution in [2.45, 2.75) is 63.3 Å². The van der Waals surface area contributed by atoms with Gasteiger partial charge in [-0.3, -0.25) is 0 Å². The molecule has 0 bridgehead atoms. The van der Waals surface area contributed by atoms with Crippen molar-refractivity contribution in [3.8, 4) is 0 Å². The summed E-state index contributed by atoms with van der Waals surface area (Å²) in [6.45, 7) is 1.60. The van der Waals surface area contributed by atoms with Crippen LogP contribution in [0.3, 0.4) is 0 Å². The van der Waals surface area contributed by atoms with E-state index in [0.717, 1.165) is 24.7 Å². The molecular formula is C16H27N5. The second-order valence-corrected chi connectivity index (χ2v) is 6.32. The van der Waals surface area contributed by atoms with Crippen LogP contribution in [-0.4, -0.2) is 29.1 Å². The van der Waals surface area contributed by atoms with Gasteiger partial charge in [0.15, 0.2) is 0 Å². The molecule has 2 aliphatic rings. The molecule has 0 unspecified atom stereocenters. The maximum Gasteiger partial charge on any atom is 0.224 e. The fraction of sp³-hybridized carbons (Fsp3) is 0.750. The number of aromatic nitrogens is 2. The van der Waals surface area contributed by atoms with Gasteiger partial charge in [-0.05, 0) is 44.6 Å². The van der Waals surface area contributed by atoms with E-state index < -0.39 is 0 Å². The first kappa shape index (κ1) is 14.6. The van der Waals surface area contributed by atoms with E-state index >= 15 is 0 Å². The quantitative estimate of drug-likeness (QED) is 0.673. The number of nitrogens with two attached hydrogens (primary N) is 1. The van der Waals surface area contributed by atoms with Gasteiger partial charge in [-0.1, -0.05) is 19.3 Å². The highest BCUT2D eigenvalue weighted by molar-refractivity contribution is 5.50. The van der Waals surface area contributed by atoms with Gasteiger partial charge in [-0.25, -0.2) is 4.98 Å². The Hall–Kier alpha value is -1.36. The first-order valence-corrected chi connectivity index (χ1v) is 8.44. The summed E-state index contributed by atoms with van der Waals surface area (Å²) in [5, 5.41) is 6.95. The molecule has 2 fully saturated rings. The summed E-state index contributed by atoms with van der Waals surface area (Å²) in [6.07, 6.45) is 12.0. The predicted molar refractivity (Wildman–Crippen MR) is 86.7 cm³/mol. The first-order chi connectivity index (χ1) is 10.4. The summed E-state index contributed by atoms with van der Waals surface area (Å²) in [4.78, 5) is 9.26. The number of hydrogen-bond acceptors (Lipinski definition) is 5.